The maximum atomic E-state index is 10.9. The minimum absolute atomic E-state index is 0.0164. The lowest BCUT2D eigenvalue weighted by Gasteiger charge is -2.09. The summed E-state index contributed by atoms with van der Waals surface area (Å²) in [5.41, 5.74) is 3.18. The molecule has 0 spiro atoms. The van der Waals surface area contributed by atoms with Crippen molar-refractivity contribution in [3.05, 3.63) is 53.6 Å². The molecule has 0 aliphatic heterocycles. The lowest BCUT2D eigenvalue weighted by atomic mass is 9.98. The first kappa shape index (κ1) is 14.1. The van der Waals surface area contributed by atoms with Crippen LogP contribution in [0.4, 0.5) is 0 Å². The Morgan fingerprint density at radius 3 is 2.40 bits per heavy atom. The molecule has 0 atom stereocenters. The minimum Gasteiger partial charge on any atom is -0.491 e. The molecule has 2 aromatic carbocycles. The Balaban J connectivity index is 2.25. The van der Waals surface area contributed by atoms with Gasteiger partial charge in [-0.2, -0.15) is 0 Å². The van der Waals surface area contributed by atoms with E-state index >= 15 is 0 Å². The van der Waals surface area contributed by atoms with Gasteiger partial charge in [0.05, 0.1) is 12.2 Å². The molecule has 0 saturated carbocycles. The molecule has 0 radical (unpaired) electrons. The van der Waals surface area contributed by atoms with Crippen LogP contribution in [0.25, 0.3) is 11.1 Å². The summed E-state index contributed by atoms with van der Waals surface area (Å²) in [5, 5.41) is 17.6. The highest BCUT2D eigenvalue weighted by molar-refractivity contribution is 5.89. The lowest BCUT2D eigenvalue weighted by molar-refractivity contribution is 0.0697. The van der Waals surface area contributed by atoms with Gasteiger partial charge in [-0.1, -0.05) is 18.2 Å². The van der Waals surface area contributed by atoms with Crippen LogP contribution < -0.4 is 4.74 Å². The molecule has 4 heteroatoms. The minimum atomic E-state index is -0.924. The summed E-state index contributed by atoms with van der Waals surface area (Å²) in [6, 6.07) is 12.5. The number of carboxylic acids is 1. The van der Waals surface area contributed by atoms with Crippen LogP contribution in [-0.2, 0) is 0 Å². The van der Waals surface area contributed by atoms with Gasteiger partial charge in [0.15, 0.2) is 0 Å². The van der Waals surface area contributed by atoms with Crippen molar-refractivity contribution >= 4 is 5.97 Å². The standard InChI is InChI=1S/C16H16O4/c1-11-10-13(16(18)19)4-7-15(11)12-2-5-14(6-3-12)20-9-8-17/h2-7,10,17H,8-9H2,1H3,(H,18,19). The van der Waals surface area contributed by atoms with Gasteiger partial charge in [-0.05, 0) is 47.9 Å². The van der Waals surface area contributed by atoms with E-state index in [1.54, 1.807) is 12.1 Å². The summed E-state index contributed by atoms with van der Waals surface area (Å²) in [7, 11) is 0. The van der Waals surface area contributed by atoms with E-state index in [1.807, 2.05) is 37.3 Å². The van der Waals surface area contributed by atoms with Gasteiger partial charge in [0, 0.05) is 0 Å². The molecule has 0 aromatic heterocycles. The maximum Gasteiger partial charge on any atom is 0.335 e. The summed E-state index contributed by atoms with van der Waals surface area (Å²) in [5.74, 6) is -0.227. The van der Waals surface area contributed by atoms with E-state index in [4.69, 9.17) is 14.9 Å². The number of benzene rings is 2. The third-order valence-corrected chi connectivity index (χ3v) is 3.00. The van der Waals surface area contributed by atoms with Gasteiger partial charge in [0.2, 0.25) is 0 Å². The maximum absolute atomic E-state index is 10.9. The number of hydrogen-bond donors (Lipinski definition) is 2. The Morgan fingerprint density at radius 1 is 1.15 bits per heavy atom. The smallest absolute Gasteiger partial charge is 0.335 e. The second-order valence-corrected chi connectivity index (χ2v) is 4.43. The Morgan fingerprint density at radius 2 is 1.85 bits per heavy atom. The molecule has 2 rings (SSSR count). The highest BCUT2D eigenvalue weighted by atomic mass is 16.5. The highest BCUT2D eigenvalue weighted by Crippen LogP contribution is 2.26. The Kier molecular flexibility index (Phi) is 4.38. The van der Waals surface area contributed by atoms with Gasteiger partial charge in [0.1, 0.15) is 12.4 Å². The van der Waals surface area contributed by atoms with Crippen molar-refractivity contribution in [2.75, 3.05) is 13.2 Å². The van der Waals surface area contributed by atoms with E-state index in [0.29, 0.717) is 5.75 Å². The number of aryl methyl sites for hydroxylation is 1. The largest absolute Gasteiger partial charge is 0.491 e. The van der Waals surface area contributed by atoms with Crippen molar-refractivity contribution in [2.45, 2.75) is 6.92 Å². The van der Waals surface area contributed by atoms with E-state index in [1.165, 1.54) is 0 Å². The van der Waals surface area contributed by atoms with Crippen LogP contribution in [0.3, 0.4) is 0 Å². The Labute approximate surface area is 117 Å². The number of aliphatic hydroxyl groups is 1. The van der Waals surface area contributed by atoms with E-state index in [0.717, 1.165) is 16.7 Å². The van der Waals surface area contributed by atoms with Crippen LogP contribution in [0, 0.1) is 6.92 Å². The van der Waals surface area contributed by atoms with Crippen LogP contribution in [0.1, 0.15) is 15.9 Å². The van der Waals surface area contributed by atoms with Crippen molar-refractivity contribution in [3.8, 4) is 16.9 Å². The highest BCUT2D eigenvalue weighted by Gasteiger charge is 2.07. The number of aromatic carboxylic acids is 1. The van der Waals surface area contributed by atoms with Crippen LogP contribution in [-0.4, -0.2) is 29.4 Å². The zero-order valence-corrected chi connectivity index (χ0v) is 11.2. The number of hydrogen-bond acceptors (Lipinski definition) is 3. The fourth-order valence-corrected chi connectivity index (χ4v) is 2.01. The predicted molar refractivity (Wildman–Crippen MR) is 76.2 cm³/mol. The SMILES string of the molecule is Cc1cc(C(=O)O)ccc1-c1ccc(OCCO)cc1. The summed E-state index contributed by atoms with van der Waals surface area (Å²) in [6.45, 7) is 2.14. The second kappa shape index (κ2) is 6.21. The van der Waals surface area contributed by atoms with Gasteiger partial charge in [-0.25, -0.2) is 4.79 Å². The van der Waals surface area contributed by atoms with Crippen LogP contribution in [0.15, 0.2) is 42.5 Å². The number of carboxylic acid groups (broad SMARTS) is 1. The Hall–Kier alpha value is -2.33. The monoisotopic (exact) mass is 272 g/mol. The summed E-state index contributed by atoms with van der Waals surface area (Å²) >= 11 is 0. The van der Waals surface area contributed by atoms with Crippen molar-refractivity contribution < 1.29 is 19.7 Å². The molecular formula is C16H16O4. The molecule has 2 N–H and O–H groups in total. The third-order valence-electron chi connectivity index (χ3n) is 3.00. The zero-order chi connectivity index (χ0) is 14.5. The topological polar surface area (TPSA) is 66.8 Å². The van der Waals surface area contributed by atoms with Crippen LogP contribution in [0.5, 0.6) is 5.75 Å². The van der Waals surface area contributed by atoms with E-state index in [9.17, 15) is 4.79 Å². The van der Waals surface area contributed by atoms with E-state index in [2.05, 4.69) is 0 Å². The number of aliphatic hydroxyl groups excluding tert-OH is 1. The average molecular weight is 272 g/mol. The normalized spacial score (nSPS) is 10.3. The molecular weight excluding hydrogens is 256 g/mol. The van der Waals surface area contributed by atoms with Gasteiger partial charge >= 0.3 is 5.97 Å². The first-order valence-corrected chi connectivity index (χ1v) is 6.30. The number of carbonyl (C=O) groups is 1. The molecule has 0 fully saturated rings. The van der Waals surface area contributed by atoms with Crippen molar-refractivity contribution in [1.82, 2.24) is 0 Å². The van der Waals surface area contributed by atoms with Gasteiger partial charge in [-0.15, -0.1) is 0 Å². The quantitative estimate of drug-likeness (QED) is 0.878. The number of ether oxygens (including phenoxy) is 1. The first-order valence-electron chi connectivity index (χ1n) is 6.30. The molecule has 4 nitrogen and oxygen atoms in total. The molecule has 104 valence electrons. The van der Waals surface area contributed by atoms with E-state index in [-0.39, 0.29) is 18.8 Å². The molecule has 0 aliphatic rings. The fourth-order valence-electron chi connectivity index (χ4n) is 2.01. The average Bonchev–Trinajstić information content (AvgIpc) is 2.45. The third kappa shape index (κ3) is 3.16. The summed E-state index contributed by atoms with van der Waals surface area (Å²) < 4.78 is 5.30. The second-order valence-electron chi connectivity index (χ2n) is 4.43. The fraction of sp³-hybridized carbons (Fsp3) is 0.188. The number of rotatable bonds is 5. The summed E-state index contributed by atoms with van der Waals surface area (Å²) in [6.07, 6.45) is 0. The van der Waals surface area contributed by atoms with Gasteiger partial charge in [-0.3, -0.25) is 0 Å². The molecule has 0 saturated heterocycles. The molecule has 0 unspecified atom stereocenters. The molecule has 0 aliphatic carbocycles. The zero-order valence-electron chi connectivity index (χ0n) is 11.2. The predicted octanol–water partition coefficient (Wildman–Crippen LogP) is 2.73. The molecule has 0 heterocycles. The van der Waals surface area contributed by atoms with Crippen LogP contribution in [0.2, 0.25) is 0 Å². The summed E-state index contributed by atoms with van der Waals surface area (Å²) in [4.78, 5) is 10.9. The van der Waals surface area contributed by atoms with Gasteiger partial charge < -0.3 is 14.9 Å². The molecule has 20 heavy (non-hydrogen) atoms. The van der Waals surface area contributed by atoms with Crippen molar-refractivity contribution in [3.63, 3.8) is 0 Å². The molecule has 0 bridgehead atoms. The molecule has 2 aromatic rings. The van der Waals surface area contributed by atoms with Crippen molar-refractivity contribution in [1.29, 1.82) is 0 Å². The molecule has 0 amide bonds. The van der Waals surface area contributed by atoms with E-state index < -0.39 is 5.97 Å². The first-order chi connectivity index (χ1) is 9.61. The van der Waals surface area contributed by atoms with Crippen molar-refractivity contribution in [2.24, 2.45) is 0 Å². The van der Waals surface area contributed by atoms with Gasteiger partial charge in [0.25, 0.3) is 0 Å². The lowest BCUT2D eigenvalue weighted by Crippen LogP contribution is -2.01. The van der Waals surface area contributed by atoms with Crippen LogP contribution >= 0.6 is 0 Å². The Bertz CT molecular complexity index is 602.